The molecule has 0 aliphatic carbocycles. The van der Waals surface area contributed by atoms with E-state index in [0.717, 1.165) is 32.7 Å². The lowest BCUT2D eigenvalue weighted by Crippen LogP contribution is -2.45. The van der Waals surface area contributed by atoms with Crippen molar-refractivity contribution >= 4 is 5.69 Å². The monoisotopic (exact) mass is 282 g/mol. The third-order valence-corrected chi connectivity index (χ3v) is 4.08. The van der Waals surface area contributed by atoms with Crippen molar-refractivity contribution in [3.05, 3.63) is 59.7 Å². The van der Waals surface area contributed by atoms with Gasteiger partial charge < -0.3 is 10.0 Å². The van der Waals surface area contributed by atoms with E-state index in [-0.39, 0.29) is 0 Å². The number of phenols is 1. The highest BCUT2D eigenvalue weighted by Crippen LogP contribution is 2.19. The van der Waals surface area contributed by atoms with Crippen LogP contribution in [0.5, 0.6) is 5.75 Å². The first-order chi connectivity index (χ1) is 10.2. The summed E-state index contributed by atoms with van der Waals surface area (Å²) >= 11 is 0. The molecule has 110 valence electrons. The van der Waals surface area contributed by atoms with Gasteiger partial charge >= 0.3 is 0 Å². The third-order valence-electron chi connectivity index (χ3n) is 4.08. The molecule has 1 fully saturated rings. The zero-order chi connectivity index (χ0) is 14.7. The van der Waals surface area contributed by atoms with Gasteiger partial charge in [-0.3, -0.25) is 4.90 Å². The smallest absolute Gasteiger partial charge is 0.115 e. The Morgan fingerprint density at radius 3 is 2.33 bits per heavy atom. The van der Waals surface area contributed by atoms with Gasteiger partial charge in [0.1, 0.15) is 5.75 Å². The lowest BCUT2D eigenvalue weighted by Gasteiger charge is -2.36. The number of benzene rings is 2. The van der Waals surface area contributed by atoms with Crippen molar-refractivity contribution in [3.8, 4) is 5.75 Å². The van der Waals surface area contributed by atoms with Crippen molar-refractivity contribution in [1.82, 2.24) is 4.90 Å². The predicted molar refractivity (Wildman–Crippen MR) is 86.8 cm³/mol. The molecule has 1 aliphatic heterocycles. The van der Waals surface area contributed by atoms with Gasteiger partial charge in [-0.25, -0.2) is 0 Å². The van der Waals surface area contributed by atoms with E-state index >= 15 is 0 Å². The number of piperazine rings is 1. The van der Waals surface area contributed by atoms with Gasteiger partial charge in [-0.15, -0.1) is 0 Å². The summed E-state index contributed by atoms with van der Waals surface area (Å²) in [6.07, 6.45) is 0. The molecule has 0 radical (unpaired) electrons. The molecule has 2 aromatic rings. The summed E-state index contributed by atoms with van der Waals surface area (Å²) in [6, 6.07) is 16.3. The number of anilines is 1. The SMILES string of the molecule is Cc1cccc(N2CCN(Cc3ccc(O)cc3)CC2)c1. The average molecular weight is 282 g/mol. The molecule has 3 heteroatoms. The first-order valence-electron chi connectivity index (χ1n) is 7.52. The Morgan fingerprint density at radius 1 is 0.952 bits per heavy atom. The number of hydrogen-bond donors (Lipinski definition) is 1. The van der Waals surface area contributed by atoms with E-state index in [1.807, 2.05) is 12.1 Å². The van der Waals surface area contributed by atoms with Crippen LogP contribution >= 0.6 is 0 Å². The van der Waals surface area contributed by atoms with Crippen LogP contribution in [0.15, 0.2) is 48.5 Å². The number of nitrogens with zero attached hydrogens (tertiary/aromatic N) is 2. The summed E-state index contributed by atoms with van der Waals surface area (Å²) in [5.74, 6) is 0.336. The van der Waals surface area contributed by atoms with E-state index in [1.54, 1.807) is 12.1 Å². The zero-order valence-corrected chi connectivity index (χ0v) is 12.5. The van der Waals surface area contributed by atoms with E-state index in [9.17, 15) is 5.11 Å². The van der Waals surface area contributed by atoms with Crippen LogP contribution in [0.25, 0.3) is 0 Å². The molecule has 0 unspecified atom stereocenters. The maximum Gasteiger partial charge on any atom is 0.115 e. The molecule has 0 atom stereocenters. The van der Waals surface area contributed by atoms with Crippen LogP contribution in [-0.4, -0.2) is 36.2 Å². The summed E-state index contributed by atoms with van der Waals surface area (Å²) in [7, 11) is 0. The summed E-state index contributed by atoms with van der Waals surface area (Å²) in [5.41, 5.74) is 3.91. The quantitative estimate of drug-likeness (QED) is 0.937. The van der Waals surface area contributed by atoms with Crippen molar-refractivity contribution < 1.29 is 5.11 Å². The minimum atomic E-state index is 0.336. The van der Waals surface area contributed by atoms with Crippen molar-refractivity contribution in [2.45, 2.75) is 13.5 Å². The number of phenolic OH excluding ortho intramolecular Hbond substituents is 1. The van der Waals surface area contributed by atoms with Crippen LogP contribution in [0.3, 0.4) is 0 Å². The van der Waals surface area contributed by atoms with Crippen molar-refractivity contribution in [2.24, 2.45) is 0 Å². The standard InChI is InChI=1S/C18H22N2O/c1-15-3-2-4-17(13-15)20-11-9-19(10-12-20)14-16-5-7-18(21)8-6-16/h2-8,13,21H,9-12,14H2,1H3. The van der Waals surface area contributed by atoms with Gasteiger partial charge in [0.15, 0.2) is 0 Å². The molecule has 2 aromatic carbocycles. The number of rotatable bonds is 3. The maximum absolute atomic E-state index is 9.33. The molecule has 0 saturated carbocycles. The molecule has 1 aliphatic rings. The van der Waals surface area contributed by atoms with Gasteiger partial charge in [0, 0.05) is 38.4 Å². The Hall–Kier alpha value is -2.00. The Balaban J connectivity index is 1.56. The molecular formula is C18H22N2O. The first kappa shape index (κ1) is 14.0. The first-order valence-corrected chi connectivity index (χ1v) is 7.52. The van der Waals surface area contributed by atoms with Crippen LogP contribution in [0, 0.1) is 6.92 Å². The largest absolute Gasteiger partial charge is 0.508 e. The molecule has 0 amide bonds. The minimum Gasteiger partial charge on any atom is -0.508 e. The van der Waals surface area contributed by atoms with Gasteiger partial charge in [-0.05, 0) is 42.3 Å². The highest BCUT2D eigenvalue weighted by Gasteiger charge is 2.17. The Kier molecular flexibility index (Phi) is 4.11. The Morgan fingerprint density at radius 2 is 1.67 bits per heavy atom. The molecule has 3 nitrogen and oxygen atoms in total. The number of aryl methyl sites for hydroxylation is 1. The maximum atomic E-state index is 9.33. The van der Waals surface area contributed by atoms with Gasteiger partial charge in [0.2, 0.25) is 0 Å². The van der Waals surface area contributed by atoms with E-state index in [4.69, 9.17) is 0 Å². The summed E-state index contributed by atoms with van der Waals surface area (Å²) in [6.45, 7) is 7.40. The van der Waals surface area contributed by atoms with Crippen LogP contribution in [-0.2, 0) is 6.54 Å². The molecule has 21 heavy (non-hydrogen) atoms. The molecule has 0 aromatic heterocycles. The minimum absolute atomic E-state index is 0.336. The highest BCUT2D eigenvalue weighted by atomic mass is 16.3. The molecule has 3 rings (SSSR count). The fraction of sp³-hybridized carbons (Fsp3) is 0.333. The number of aromatic hydroxyl groups is 1. The van der Waals surface area contributed by atoms with Gasteiger partial charge in [0.05, 0.1) is 0 Å². The molecule has 0 bridgehead atoms. The van der Waals surface area contributed by atoms with Crippen molar-refractivity contribution in [2.75, 3.05) is 31.1 Å². The fourth-order valence-electron chi connectivity index (χ4n) is 2.85. The van der Waals surface area contributed by atoms with Gasteiger partial charge in [-0.1, -0.05) is 24.3 Å². The number of hydrogen-bond acceptors (Lipinski definition) is 3. The van der Waals surface area contributed by atoms with E-state index in [1.165, 1.54) is 16.8 Å². The topological polar surface area (TPSA) is 26.7 Å². The summed E-state index contributed by atoms with van der Waals surface area (Å²) < 4.78 is 0. The van der Waals surface area contributed by atoms with E-state index < -0.39 is 0 Å². The predicted octanol–water partition coefficient (Wildman–Crippen LogP) is 3.02. The lowest BCUT2D eigenvalue weighted by molar-refractivity contribution is 0.250. The van der Waals surface area contributed by atoms with Crippen molar-refractivity contribution in [3.63, 3.8) is 0 Å². The molecule has 0 spiro atoms. The second-order valence-electron chi connectivity index (χ2n) is 5.77. The van der Waals surface area contributed by atoms with Gasteiger partial charge in [0.25, 0.3) is 0 Å². The Labute approximate surface area is 126 Å². The van der Waals surface area contributed by atoms with Crippen LogP contribution < -0.4 is 4.90 Å². The lowest BCUT2D eigenvalue weighted by atomic mass is 10.1. The second kappa shape index (κ2) is 6.19. The van der Waals surface area contributed by atoms with E-state index in [2.05, 4.69) is 41.0 Å². The highest BCUT2D eigenvalue weighted by molar-refractivity contribution is 5.48. The average Bonchev–Trinajstić information content (AvgIpc) is 2.50. The van der Waals surface area contributed by atoms with Crippen molar-refractivity contribution in [1.29, 1.82) is 0 Å². The zero-order valence-electron chi connectivity index (χ0n) is 12.5. The summed E-state index contributed by atoms with van der Waals surface area (Å²) in [4.78, 5) is 4.93. The molecular weight excluding hydrogens is 260 g/mol. The molecule has 1 N–H and O–H groups in total. The van der Waals surface area contributed by atoms with E-state index in [0.29, 0.717) is 5.75 Å². The fourth-order valence-corrected chi connectivity index (χ4v) is 2.85. The normalized spacial score (nSPS) is 16.1. The van der Waals surface area contributed by atoms with Crippen LogP contribution in [0.4, 0.5) is 5.69 Å². The third kappa shape index (κ3) is 3.56. The second-order valence-corrected chi connectivity index (χ2v) is 5.77. The van der Waals surface area contributed by atoms with Gasteiger partial charge in [-0.2, -0.15) is 0 Å². The van der Waals surface area contributed by atoms with Crippen LogP contribution in [0.2, 0.25) is 0 Å². The molecule has 1 saturated heterocycles. The summed E-state index contributed by atoms with van der Waals surface area (Å²) in [5, 5.41) is 9.33. The Bertz CT molecular complexity index is 586. The molecule has 1 heterocycles. The van der Waals surface area contributed by atoms with Crippen LogP contribution in [0.1, 0.15) is 11.1 Å².